The van der Waals surface area contributed by atoms with Gasteiger partial charge in [0.05, 0.1) is 9.83 Å². The van der Waals surface area contributed by atoms with Crippen LogP contribution >= 0.6 is 27.3 Å². The number of ether oxygens (including phenoxy) is 1. The molecule has 1 aliphatic carbocycles. The van der Waals surface area contributed by atoms with E-state index >= 15 is 0 Å². The summed E-state index contributed by atoms with van der Waals surface area (Å²) in [6.07, 6.45) is 3.28. The molecule has 21 heavy (non-hydrogen) atoms. The number of benzene rings is 1. The van der Waals surface area contributed by atoms with Crippen LogP contribution in [0.25, 0.3) is 0 Å². The highest BCUT2D eigenvalue weighted by Crippen LogP contribution is 2.39. The van der Waals surface area contributed by atoms with Gasteiger partial charge in [-0.15, -0.1) is 11.3 Å². The SMILES string of the molecule is FC(F)Oc1cccc(NC2CCCc3sc(Br)cc32)c1. The van der Waals surface area contributed by atoms with Crippen molar-refractivity contribution >= 4 is 33.0 Å². The lowest BCUT2D eigenvalue weighted by Gasteiger charge is -2.24. The van der Waals surface area contributed by atoms with E-state index < -0.39 is 6.61 Å². The van der Waals surface area contributed by atoms with Crippen LogP contribution in [0.15, 0.2) is 34.1 Å². The number of anilines is 1. The topological polar surface area (TPSA) is 21.3 Å². The molecule has 0 aliphatic heterocycles. The zero-order valence-corrected chi connectivity index (χ0v) is 13.5. The average Bonchev–Trinajstić information content (AvgIpc) is 2.80. The predicted molar refractivity (Wildman–Crippen MR) is 84.4 cm³/mol. The Morgan fingerprint density at radius 3 is 3.00 bits per heavy atom. The average molecular weight is 374 g/mol. The first-order valence-corrected chi connectivity index (χ1v) is 8.32. The summed E-state index contributed by atoms with van der Waals surface area (Å²) in [5.74, 6) is 0.178. The van der Waals surface area contributed by atoms with Crippen LogP contribution in [0, 0.1) is 0 Å². The van der Waals surface area contributed by atoms with Gasteiger partial charge >= 0.3 is 6.61 Å². The van der Waals surface area contributed by atoms with Crippen molar-refractivity contribution in [2.45, 2.75) is 31.9 Å². The number of alkyl halides is 2. The minimum absolute atomic E-state index is 0.178. The van der Waals surface area contributed by atoms with Crippen LogP contribution in [0.1, 0.15) is 29.3 Å². The molecular weight excluding hydrogens is 360 g/mol. The van der Waals surface area contributed by atoms with Gasteiger partial charge < -0.3 is 10.1 Å². The van der Waals surface area contributed by atoms with Crippen LogP contribution in [0.2, 0.25) is 0 Å². The second kappa shape index (κ2) is 6.32. The van der Waals surface area contributed by atoms with Crippen molar-refractivity contribution in [1.29, 1.82) is 0 Å². The first-order valence-electron chi connectivity index (χ1n) is 6.71. The fourth-order valence-electron chi connectivity index (χ4n) is 2.63. The first-order chi connectivity index (χ1) is 10.1. The van der Waals surface area contributed by atoms with Crippen LogP contribution in [-0.2, 0) is 6.42 Å². The highest BCUT2D eigenvalue weighted by molar-refractivity contribution is 9.11. The highest BCUT2D eigenvalue weighted by Gasteiger charge is 2.22. The summed E-state index contributed by atoms with van der Waals surface area (Å²) in [5, 5.41) is 3.42. The van der Waals surface area contributed by atoms with Gasteiger partial charge in [0.2, 0.25) is 0 Å². The molecule has 0 fully saturated rings. The van der Waals surface area contributed by atoms with Crippen molar-refractivity contribution in [3.8, 4) is 5.75 Å². The molecule has 1 atom stereocenters. The van der Waals surface area contributed by atoms with Gasteiger partial charge in [-0.25, -0.2) is 0 Å². The molecular formula is C15H14BrF2NOS. The van der Waals surface area contributed by atoms with Crippen LogP contribution < -0.4 is 10.1 Å². The second-order valence-electron chi connectivity index (χ2n) is 4.92. The summed E-state index contributed by atoms with van der Waals surface area (Å²) in [4.78, 5) is 1.39. The van der Waals surface area contributed by atoms with Crippen LogP contribution in [0.4, 0.5) is 14.5 Å². The third-order valence-corrected chi connectivity index (χ3v) is 5.20. The Hall–Kier alpha value is -1.14. The molecule has 2 aromatic rings. The summed E-state index contributed by atoms with van der Waals surface area (Å²) in [6.45, 7) is -2.80. The molecule has 112 valence electrons. The first kappa shape index (κ1) is 14.8. The number of thiophene rings is 1. The molecule has 0 radical (unpaired) electrons. The molecule has 1 N–H and O–H groups in total. The van der Waals surface area contributed by atoms with E-state index in [9.17, 15) is 8.78 Å². The lowest BCUT2D eigenvalue weighted by molar-refractivity contribution is -0.0498. The number of halogens is 3. The number of aryl methyl sites for hydroxylation is 1. The predicted octanol–water partition coefficient (Wildman–Crippen LogP) is 5.60. The Morgan fingerprint density at radius 1 is 1.33 bits per heavy atom. The zero-order chi connectivity index (χ0) is 14.8. The number of nitrogens with one attached hydrogen (secondary N) is 1. The summed E-state index contributed by atoms with van der Waals surface area (Å²) < 4.78 is 30.1. The van der Waals surface area contributed by atoms with E-state index in [-0.39, 0.29) is 11.8 Å². The van der Waals surface area contributed by atoms with Crippen LogP contribution in [0.3, 0.4) is 0 Å². The van der Waals surface area contributed by atoms with E-state index in [1.165, 1.54) is 16.5 Å². The molecule has 1 aromatic heterocycles. The Bertz CT molecular complexity index is 632. The molecule has 0 amide bonds. The Balaban J connectivity index is 1.78. The van der Waals surface area contributed by atoms with Crippen molar-refractivity contribution in [3.63, 3.8) is 0 Å². The maximum absolute atomic E-state index is 12.3. The molecule has 0 saturated heterocycles. The van der Waals surface area contributed by atoms with Gasteiger partial charge in [0, 0.05) is 16.6 Å². The molecule has 1 heterocycles. The largest absolute Gasteiger partial charge is 0.435 e. The quantitative estimate of drug-likeness (QED) is 0.752. The van der Waals surface area contributed by atoms with E-state index in [2.05, 4.69) is 32.0 Å². The van der Waals surface area contributed by atoms with Gasteiger partial charge in [-0.1, -0.05) is 6.07 Å². The summed E-state index contributed by atoms with van der Waals surface area (Å²) >= 11 is 5.30. The maximum Gasteiger partial charge on any atom is 0.387 e. The maximum atomic E-state index is 12.3. The number of rotatable bonds is 4. The molecule has 0 spiro atoms. The zero-order valence-electron chi connectivity index (χ0n) is 11.1. The molecule has 3 rings (SSSR count). The van der Waals surface area contributed by atoms with Gasteiger partial charge in [0.25, 0.3) is 0 Å². The number of hydrogen-bond donors (Lipinski definition) is 1. The Labute approximate surface area is 134 Å². The summed E-state index contributed by atoms with van der Waals surface area (Å²) in [7, 11) is 0. The molecule has 1 unspecified atom stereocenters. The molecule has 1 aliphatic rings. The highest BCUT2D eigenvalue weighted by atomic mass is 79.9. The third-order valence-electron chi connectivity index (χ3n) is 3.48. The van der Waals surface area contributed by atoms with Crippen molar-refractivity contribution in [3.05, 3.63) is 44.6 Å². The molecule has 2 nitrogen and oxygen atoms in total. The summed E-state index contributed by atoms with van der Waals surface area (Å²) in [6, 6.07) is 9.10. The Kier molecular flexibility index (Phi) is 4.45. The van der Waals surface area contributed by atoms with Gasteiger partial charge in [-0.05, 0) is 59.0 Å². The number of hydrogen-bond acceptors (Lipinski definition) is 3. The molecule has 1 aromatic carbocycles. The summed E-state index contributed by atoms with van der Waals surface area (Å²) in [5.41, 5.74) is 2.10. The standard InChI is InChI=1S/C15H14BrF2NOS/c16-14-8-11-12(5-2-6-13(11)21-14)19-9-3-1-4-10(7-9)20-15(17)18/h1,3-4,7-8,12,15,19H,2,5-6H2. The van der Waals surface area contributed by atoms with E-state index in [4.69, 9.17) is 0 Å². The lowest BCUT2D eigenvalue weighted by atomic mass is 9.94. The van der Waals surface area contributed by atoms with Crippen molar-refractivity contribution < 1.29 is 13.5 Å². The minimum Gasteiger partial charge on any atom is -0.435 e. The van der Waals surface area contributed by atoms with Crippen LogP contribution in [-0.4, -0.2) is 6.61 Å². The van der Waals surface area contributed by atoms with Gasteiger partial charge in [-0.2, -0.15) is 8.78 Å². The van der Waals surface area contributed by atoms with E-state index in [1.807, 2.05) is 6.07 Å². The molecule has 0 saturated carbocycles. The fourth-order valence-corrected chi connectivity index (χ4v) is 4.45. The molecule has 0 bridgehead atoms. The lowest BCUT2D eigenvalue weighted by Crippen LogP contribution is -2.15. The van der Waals surface area contributed by atoms with E-state index in [0.29, 0.717) is 0 Å². The van der Waals surface area contributed by atoms with Gasteiger partial charge in [-0.3, -0.25) is 0 Å². The minimum atomic E-state index is -2.80. The van der Waals surface area contributed by atoms with Crippen molar-refractivity contribution in [1.82, 2.24) is 0 Å². The van der Waals surface area contributed by atoms with Crippen molar-refractivity contribution in [2.24, 2.45) is 0 Å². The van der Waals surface area contributed by atoms with Crippen molar-refractivity contribution in [2.75, 3.05) is 5.32 Å². The van der Waals surface area contributed by atoms with Crippen LogP contribution in [0.5, 0.6) is 5.75 Å². The van der Waals surface area contributed by atoms with E-state index in [1.54, 1.807) is 23.5 Å². The van der Waals surface area contributed by atoms with Gasteiger partial charge in [0.1, 0.15) is 5.75 Å². The third kappa shape index (κ3) is 3.55. The smallest absolute Gasteiger partial charge is 0.387 e. The number of fused-ring (bicyclic) bond motifs is 1. The monoisotopic (exact) mass is 373 g/mol. The Morgan fingerprint density at radius 2 is 2.19 bits per heavy atom. The molecule has 6 heteroatoms. The van der Waals surface area contributed by atoms with E-state index in [0.717, 1.165) is 28.7 Å². The fraction of sp³-hybridized carbons (Fsp3) is 0.333. The van der Waals surface area contributed by atoms with Gasteiger partial charge in [0.15, 0.2) is 0 Å². The second-order valence-corrected chi connectivity index (χ2v) is 7.44. The normalized spacial score (nSPS) is 17.6.